The molecule has 2 aromatic carbocycles. The van der Waals surface area contributed by atoms with E-state index in [4.69, 9.17) is 0 Å². The Kier molecular flexibility index (Phi) is 7.48. The summed E-state index contributed by atoms with van der Waals surface area (Å²) in [5, 5.41) is 2.84. The van der Waals surface area contributed by atoms with Crippen molar-refractivity contribution in [3.63, 3.8) is 0 Å². The quantitative estimate of drug-likeness (QED) is 0.467. The van der Waals surface area contributed by atoms with Crippen molar-refractivity contribution in [1.29, 1.82) is 0 Å². The Bertz CT molecular complexity index is 1090. The van der Waals surface area contributed by atoms with Crippen molar-refractivity contribution in [3.8, 4) is 0 Å². The summed E-state index contributed by atoms with van der Waals surface area (Å²) in [6, 6.07) is 18.0. The van der Waals surface area contributed by atoms with Crippen molar-refractivity contribution in [2.24, 2.45) is 0 Å². The number of thioether (sulfide) groups is 1. The highest BCUT2D eigenvalue weighted by Gasteiger charge is 2.11. The molecule has 0 aliphatic heterocycles. The number of amides is 1. The second-order valence-electron chi connectivity index (χ2n) is 6.63. The molecule has 0 bridgehead atoms. The van der Waals surface area contributed by atoms with Gasteiger partial charge < -0.3 is 5.32 Å². The van der Waals surface area contributed by atoms with E-state index in [1.807, 2.05) is 42.6 Å². The number of carbonyl (C=O) groups excluding carboxylic acids is 1. The highest BCUT2D eigenvalue weighted by Crippen LogP contribution is 2.24. The van der Waals surface area contributed by atoms with Gasteiger partial charge in [-0.15, -0.1) is 11.8 Å². The first-order chi connectivity index (χ1) is 14.4. The van der Waals surface area contributed by atoms with Crippen LogP contribution < -0.4 is 10.0 Å². The number of anilines is 2. The summed E-state index contributed by atoms with van der Waals surface area (Å²) in [4.78, 5) is 17.7. The summed E-state index contributed by atoms with van der Waals surface area (Å²) in [6.45, 7) is 1.80. The fourth-order valence-corrected chi connectivity index (χ4v) is 4.67. The van der Waals surface area contributed by atoms with Gasteiger partial charge in [-0.3, -0.25) is 14.5 Å². The van der Waals surface area contributed by atoms with Gasteiger partial charge in [-0.1, -0.05) is 19.1 Å². The predicted octanol–water partition coefficient (Wildman–Crippen LogP) is 4.78. The first-order valence-electron chi connectivity index (χ1n) is 9.49. The number of hydrogen-bond donors (Lipinski definition) is 2. The van der Waals surface area contributed by atoms with E-state index < -0.39 is 10.0 Å². The lowest BCUT2D eigenvalue weighted by Crippen LogP contribution is -2.17. The number of hydrogen-bond acceptors (Lipinski definition) is 5. The summed E-state index contributed by atoms with van der Waals surface area (Å²) in [6.07, 6.45) is 4.12. The average Bonchev–Trinajstić information content (AvgIpc) is 2.74. The zero-order valence-corrected chi connectivity index (χ0v) is 18.2. The Morgan fingerprint density at radius 3 is 2.53 bits per heavy atom. The Balaban J connectivity index is 1.60. The molecule has 156 valence electrons. The van der Waals surface area contributed by atoms with Crippen molar-refractivity contribution in [3.05, 3.63) is 84.2 Å². The van der Waals surface area contributed by atoms with Crippen LogP contribution in [0.5, 0.6) is 0 Å². The molecule has 0 saturated carbocycles. The fourth-order valence-electron chi connectivity index (χ4n) is 2.71. The largest absolute Gasteiger partial charge is 0.322 e. The van der Waals surface area contributed by atoms with E-state index in [9.17, 15) is 13.2 Å². The lowest BCUT2D eigenvalue weighted by atomic mass is 10.2. The van der Waals surface area contributed by atoms with Gasteiger partial charge in [0.25, 0.3) is 5.91 Å². The molecule has 1 amide bonds. The molecular formula is C22H23N3O3S2. The van der Waals surface area contributed by atoms with Gasteiger partial charge in [-0.2, -0.15) is 0 Å². The van der Waals surface area contributed by atoms with Crippen molar-refractivity contribution in [1.82, 2.24) is 4.98 Å². The van der Waals surface area contributed by atoms with Crippen LogP contribution in [0.25, 0.3) is 0 Å². The van der Waals surface area contributed by atoms with Crippen LogP contribution in [0, 0.1) is 0 Å². The van der Waals surface area contributed by atoms with Gasteiger partial charge in [-0.05, 0) is 60.5 Å². The summed E-state index contributed by atoms with van der Waals surface area (Å²) in [7, 11) is -3.40. The minimum absolute atomic E-state index is 0.0363. The summed E-state index contributed by atoms with van der Waals surface area (Å²) in [5.74, 6) is 0.553. The average molecular weight is 442 g/mol. The van der Waals surface area contributed by atoms with Crippen LogP contribution >= 0.6 is 11.8 Å². The van der Waals surface area contributed by atoms with Crippen molar-refractivity contribution in [2.45, 2.75) is 24.0 Å². The minimum atomic E-state index is -3.40. The van der Waals surface area contributed by atoms with Crippen LogP contribution in [0.2, 0.25) is 0 Å². The third kappa shape index (κ3) is 6.60. The molecule has 3 rings (SSSR count). The molecule has 2 N–H and O–H groups in total. The molecule has 0 aliphatic carbocycles. The summed E-state index contributed by atoms with van der Waals surface area (Å²) >= 11 is 1.69. The normalized spacial score (nSPS) is 11.1. The molecule has 0 saturated heterocycles. The zero-order chi connectivity index (χ0) is 21.4. The third-order valence-electron chi connectivity index (χ3n) is 4.11. The Morgan fingerprint density at radius 1 is 1.03 bits per heavy atom. The molecule has 1 heterocycles. The Labute approximate surface area is 181 Å². The van der Waals surface area contributed by atoms with Gasteiger partial charge in [0.05, 0.1) is 5.75 Å². The number of carbonyl (C=O) groups is 1. The molecule has 8 heteroatoms. The van der Waals surface area contributed by atoms with Crippen LogP contribution in [0.3, 0.4) is 0 Å². The van der Waals surface area contributed by atoms with E-state index in [1.165, 1.54) is 6.07 Å². The van der Waals surface area contributed by atoms with E-state index in [0.717, 1.165) is 16.2 Å². The smallest absolute Gasteiger partial charge is 0.255 e. The van der Waals surface area contributed by atoms with Crippen LogP contribution in [0.4, 0.5) is 11.4 Å². The third-order valence-corrected chi connectivity index (χ3v) is 6.69. The molecule has 0 spiro atoms. The maximum Gasteiger partial charge on any atom is 0.255 e. The topological polar surface area (TPSA) is 88.2 Å². The number of sulfonamides is 1. The predicted molar refractivity (Wildman–Crippen MR) is 122 cm³/mol. The Hall–Kier alpha value is -2.84. The van der Waals surface area contributed by atoms with Gasteiger partial charge >= 0.3 is 0 Å². The number of benzene rings is 2. The van der Waals surface area contributed by atoms with Gasteiger partial charge in [0, 0.05) is 40.0 Å². The van der Waals surface area contributed by atoms with Crippen LogP contribution in [0.1, 0.15) is 29.3 Å². The van der Waals surface area contributed by atoms with E-state index in [-0.39, 0.29) is 11.7 Å². The molecule has 0 atom stereocenters. The first kappa shape index (κ1) is 21.9. The molecule has 1 aromatic heterocycles. The van der Waals surface area contributed by atoms with Crippen LogP contribution in [-0.2, 0) is 15.8 Å². The number of pyridine rings is 1. The minimum Gasteiger partial charge on any atom is -0.322 e. The van der Waals surface area contributed by atoms with Gasteiger partial charge in [0.1, 0.15) is 0 Å². The second-order valence-corrected chi connectivity index (χ2v) is 9.52. The molecule has 6 nitrogen and oxygen atoms in total. The molecular weight excluding hydrogens is 418 g/mol. The van der Waals surface area contributed by atoms with E-state index in [0.29, 0.717) is 23.4 Å². The van der Waals surface area contributed by atoms with Crippen molar-refractivity contribution < 1.29 is 13.2 Å². The van der Waals surface area contributed by atoms with Crippen LogP contribution in [0.15, 0.2) is 78.0 Å². The summed E-state index contributed by atoms with van der Waals surface area (Å²) in [5.41, 5.74) is 2.57. The fraction of sp³-hybridized carbons (Fsp3) is 0.182. The summed E-state index contributed by atoms with van der Waals surface area (Å²) < 4.78 is 26.4. The van der Waals surface area contributed by atoms with E-state index in [2.05, 4.69) is 15.0 Å². The number of nitrogens with one attached hydrogen (secondary N) is 2. The standard InChI is InChI=1S/C22H23N3O3S2/c1-2-13-30(27,28)25-20-7-3-6-18(14-20)22(26)24-19-8-10-21(11-9-19)29-16-17-5-4-12-23-15-17/h3-12,14-15,25H,2,13,16H2,1H3,(H,24,26). The molecule has 0 aliphatic rings. The monoisotopic (exact) mass is 441 g/mol. The number of nitrogens with zero attached hydrogens (tertiary/aromatic N) is 1. The lowest BCUT2D eigenvalue weighted by Gasteiger charge is -2.10. The number of rotatable bonds is 9. The molecule has 0 unspecified atom stereocenters. The number of aromatic nitrogens is 1. The van der Waals surface area contributed by atoms with Gasteiger partial charge in [-0.25, -0.2) is 8.42 Å². The zero-order valence-electron chi connectivity index (χ0n) is 16.5. The lowest BCUT2D eigenvalue weighted by molar-refractivity contribution is 0.102. The maximum atomic E-state index is 12.6. The van der Waals surface area contributed by atoms with E-state index >= 15 is 0 Å². The first-order valence-corrected chi connectivity index (χ1v) is 12.1. The SMILES string of the molecule is CCCS(=O)(=O)Nc1cccc(C(=O)Nc2ccc(SCc3cccnc3)cc2)c1. The van der Waals surface area contributed by atoms with Gasteiger partial charge in [0.2, 0.25) is 10.0 Å². The molecule has 0 fully saturated rings. The second kappa shape index (κ2) is 10.3. The Morgan fingerprint density at radius 2 is 1.83 bits per heavy atom. The maximum absolute atomic E-state index is 12.6. The highest BCUT2D eigenvalue weighted by molar-refractivity contribution is 7.98. The van der Waals surface area contributed by atoms with Crippen molar-refractivity contribution >= 4 is 39.1 Å². The van der Waals surface area contributed by atoms with Crippen molar-refractivity contribution in [2.75, 3.05) is 15.8 Å². The van der Waals surface area contributed by atoms with E-state index in [1.54, 1.807) is 43.1 Å². The molecule has 0 radical (unpaired) electrons. The van der Waals surface area contributed by atoms with Gasteiger partial charge in [0.15, 0.2) is 0 Å². The molecule has 3 aromatic rings. The molecule has 30 heavy (non-hydrogen) atoms. The van der Waals surface area contributed by atoms with Crippen LogP contribution in [-0.4, -0.2) is 25.1 Å². The highest BCUT2D eigenvalue weighted by atomic mass is 32.2.